The molecule has 0 radical (unpaired) electrons. The molecule has 0 amide bonds. The van der Waals surface area contributed by atoms with E-state index in [2.05, 4.69) is 0 Å². The van der Waals surface area contributed by atoms with Crippen molar-refractivity contribution in [3.63, 3.8) is 0 Å². The molecule has 0 bridgehead atoms. The van der Waals surface area contributed by atoms with Crippen molar-refractivity contribution < 1.29 is 24.7 Å². The van der Waals surface area contributed by atoms with Gasteiger partial charge >= 0.3 is 5.97 Å². The minimum atomic E-state index is -0.880. The number of benzene rings is 1. The summed E-state index contributed by atoms with van der Waals surface area (Å²) in [6.07, 6.45) is -1.91. The van der Waals surface area contributed by atoms with Crippen molar-refractivity contribution in [2.45, 2.75) is 31.2 Å². The van der Waals surface area contributed by atoms with Gasteiger partial charge in [0.25, 0.3) is 5.69 Å². The summed E-state index contributed by atoms with van der Waals surface area (Å²) >= 11 is 0. The predicted octanol–water partition coefficient (Wildman–Crippen LogP) is 0.636. The number of nitro groups is 1. The second-order valence-electron chi connectivity index (χ2n) is 4.44. The van der Waals surface area contributed by atoms with E-state index >= 15 is 0 Å². The van der Waals surface area contributed by atoms with Crippen molar-refractivity contribution in [2.75, 3.05) is 0 Å². The first-order valence-corrected chi connectivity index (χ1v) is 5.79. The Morgan fingerprint density at radius 1 is 1.21 bits per heavy atom. The monoisotopic (exact) mass is 267 g/mol. The van der Waals surface area contributed by atoms with Gasteiger partial charge in [0.2, 0.25) is 0 Å². The molecule has 1 aromatic carbocycles. The lowest BCUT2D eigenvalue weighted by molar-refractivity contribution is -0.384. The molecule has 102 valence electrons. The molecule has 1 aromatic rings. The number of carbonyl (C=O) groups is 1. The second-order valence-corrected chi connectivity index (χ2v) is 4.44. The zero-order chi connectivity index (χ0) is 14.0. The Bertz CT molecular complexity index is 475. The molecule has 0 aromatic heterocycles. The molecule has 0 spiro atoms. The van der Waals surface area contributed by atoms with Gasteiger partial charge in [0.15, 0.2) is 0 Å². The summed E-state index contributed by atoms with van der Waals surface area (Å²) < 4.78 is 5.11. The molecule has 2 N–H and O–H groups in total. The molecule has 0 aliphatic heterocycles. The van der Waals surface area contributed by atoms with Crippen LogP contribution in [0.4, 0.5) is 5.69 Å². The SMILES string of the molecule is O=C(OC1C[C@@H](O)[C@H](O)C1)c1ccc([N+](=O)[O-])cc1. The topological polar surface area (TPSA) is 110 Å². The molecular weight excluding hydrogens is 254 g/mol. The molecular formula is C12H13NO6. The van der Waals surface area contributed by atoms with Crippen LogP contribution < -0.4 is 0 Å². The van der Waals surface area contributed by atoms with Crippen molar-refractivity contribution >= 4 is 11.7 Å². The molecule has 1 aliphatic carbocycles. The second kappa shape index (κ2) is 5.33. The maximum atomic E-state index is 11.7. The van der Waals surface area contributed by atoms with Gasteiger partial charge in [-0.2, -0.15) is 0 Å². The van der Waals surface area contributed by atoms with Crippen LogP contribution in [0.15, 0.2) is 24.3 Å². The van der Waals surface area contributed by atoms with E-state index < -0.39 is 29.2 Å². The van der Waals surface area contributed by atoms with Gasteiger partial charge in [0.1, 0.15) is 6.10 Å². The number of nitrogens with zero attached hydrogens (tertiary/aromatic N) is 1. The number of ether oxygens (including phenoxy) is 1. The summed E-state index contributed by atoms with van der Waals surface area (Å²) in [5, 5.41) is 29.1. The van der Waals surface area contributed by atoms with Crippen molar-refractivity contribution in [3.05, 3.63) is 39.9 Å². The van der Waals surface area contributed by atoms with E-state index in [1.807, 2.05) is 0 Å². The maximum Gasteiger partial charge on any atom is 0.338 e. The zero-order valence-corrected chi connectivity index (χ0v) is 9.93. The summed E-state index contributed by atoms with van der Waals surface area (Å²) in [6.45, 7) is 0. The van der Waals surface area contributed by atoms with Gasteiger partial charge in [-0.05, 0) is 12.1 Å². The van der Waals surface area contributed by atoms with E-state index in [1.54, 1.807) is 0 Å². The van der Waals surface area contributed by atoms with Crippen molar-refractivity contribution in [1.82, 2.24) is 0 Å². The number of aliphatic hydroxyl groups excluding tert-OH is 2. The summed E-state index contributed by atoms with van der Waals surface area (Å²) in [5.74, 6) is -0.624. The Labute approximate surface area is 108 Å². The summed E-state index contributed by atoms with van der Waals surface area (Å²) in [4.78, 5) is 21.6. The molecule has 0 unspecified atom stereocenters. The van der Waals surface area contributed by atoms with Gasteiger partial charge in [-0.1, -0.05) is 0 Å². The number of carbonyl (C=O) groups excluding carboxylic acids is 1. The van der Waals surface area contributed by atoms with Crippen LogP contribution in [0.3, 0.4) is 0 Å². The van der Waals surface area contributed by atoms with E-state index in [0.29, 0.717) is 0 Å². The first kappa shape index (κ1) is 13.4. The lowest BCUT2D eigenvalue weighted by Crippen LogP contribution is -2.17. The highest BCUT2D eigenvalue weighted by molar-refractivity contribution is 5.89. The molecule has 7 nitrogen and oxygen atoms in total. The van der Waals surface area contributed by atoms with Crippen LogP contribution >= 0.6 is 0 Å². The Balaban J connectivity index is 1.98. The highest BCUT2D eigenvalue weighted by Crippen LogP contribution is 2.24. The van der Waals surface area contributed by atoms with Crippen LogP contribution in [-0.4, -0.2) is 39.4 Å². The van der Waals surface area contributed by atoms with Crippen LogP contribution in [0, 0.1) is 10.1 Å². The first-order chi connectivity index (χ1) is 8.97. The standard InChI is InChI=1S/C12H13NO6/c14-10-5-9(6-11(10)15)19-12(16)7-1-3-8(4-2-7)13(17)18/h1-4,9-11,14-15H,5-6H2/t10-,11-/m1/s1. The number of aliphatic hydroxyl groups is 2. The smallest absolute Gasteiger partial charge is 0.338 e. The first-order valence-electron chi connectivity index (χ1n) is 5.79. The molecule has 1 saturated carbocycles. The Morgan fingerprint density at radius 2 is 1.74 bits per heavy atom. The van der Waals surface area contributed by atoms with Gasteiger partial charge in [-0.15, -0.1) is 0 Å². The fourth-order valence-corrected chi connectivity index (χ4v) is 1.98. The average Bonchev–Trinajstić information content (AvgIpc) is 2.68. The van der Waals surface area contributed by atoms with E-state index in [0.717, 1.165) is 0 Å². The highest BCUT2D eigenvalue weighted by atomic mass is 16.6. The Kier molecular flexibility index (Phi) is 3.77. The minimum Gasteiger partial charge on any atom is -0.459 e. The maximum absolute atomic E-state index is 11.7. The molecule has 1 aliphatic rings. The van der Waals surface area contributed by atoms with Gasteiger partial charge in [-0.25, -0.2) is 4.79 Å². The number of rotatable bonds is 3. The number of non-ortho nitro benzene ring substituents is 1. The summed E-state index contributed by atoms with van der Waals surface area (Å²) in [7, 11) is 0. The van der Waals surface area contributed by atoms with Gasteiger partial charge < -0.3 is 14.9 Å². The zero-order valence-electron chi connectivity index (χ0n) is 9.93. The van der Waals surface area contributed by atoms with E-state index in [4.69, 9.17) is 4.74 Å². The Morgan fingerprint density at radius 3 is 2.21 bits per heavy atom. The Hall–Kier alpha value is -1.99. The molecule has 19 heavy (non-hydrogen) atoms. The van der Waals surface area contributed by atoms with Gasteiger partial charge in [0.05, 0.1) is 22.7 Å². The van der Waals surface area contributed by atoms with Crippen molar-refractivity contribution in [1.29, 1.82) is 0 Å². The van der Waals surface area contributed by atoms with Gasteiger partial charge in [0, 0.05) is 25.0 Å². The molecule has 0 saturated heterocycles. The van der Waals surface area contributed by atoms with E-state index in [-0.39, 0.29) is 24.1 Å². The largest absolute Gasteiger partial charge is 0.459 e. The fraction of sp³-hybridized carbons (Fsp3) is 0.417. The fourth-order valence-electron chi connectivity index (χ4n) is 1.98. The lowest BCUT2D eigenvalue weighted by atomic mass is 10.2. The number of hydrogen-bond acceptors (Lipinski definition) is 6. The number of nitro benzene ring substituents is 1. The summed E-state index contributed by atoms with van der Waals surface area (Å²) in [6, 6.07) is 5.05. The minimum absolute atomic E-state index is 0.108. The third kappa shape index (κ3) is 3.07. The third-order valence-electron chi connectivity index (χ3n) is 3.04. The molecule has 2 atom stereocenters. The quantitative estimate of drug-likeness (QED) is 0.472. The van der Waals surface area contributed by atoms with Crippen molar-refractivity contribution in [3.8, 4) is 0 Å². The van der Waals surface area contributed by atoms with Gasteiger partial charge in [-0.3, -0.25) is 10.1 Å². The number of hydrogen-bond donors (Lipinski definition) is 2. The van der Waals surface area contributed by atoms with E-state index in [1.165, 1.54) is 24.3 Å². The van der Waals surface area contributed by atoms with Crippen LogP contribution in [0.5, 0.6) is 0 Å². The highest BCUT2D eigenvalue weighted by Gasteiger charge is 2.34. The van der Waals surface area contributed by atoms with Crippen LogP contribution in [0.25, 0.3) is 0 Å². The molecule has 0 heterocycles. The summed E-state index contributed by atoms with van der Waals surface area (Å²) in [5.41, 5.74) is 0.0877. The van der Waals surface area contributed by atoms with E-state index in [9.17, 15) is 25.1 Å². The normalized spacial score (nSPS) is 23.3. The number of esters is 1. The molecule has 7 heteroatoms. The van der Waals surface area contributed by atoms with Crippen LogP contribution in [0.2, 0.25) is 0 Å². The van der Waals surface area contributed by atoms with Crippen LogP contribution in [-0.2, 0) is 4.74 Å². The average molecular weight is 267 g/mol. The van der Waals surface area contributed by atoms with Crippen LogP contribution in [0.1, 0.15) is 23.2 Å². The predicted molar refractivity (Wildman–Crippen MR) is 63.5 cm³/mol. The molecule has 2 rings (SSSR count). The van der Waals surface area contributed by atoms with Crippen molar-refractivity contribution in [2.24, 2.45) is 0 Å². The third-order valence-corrected chi connectivity index (χ3v) is 3.04. The lowest BCUT2D eigenvalue weighted by Gasteiger charge is -2.11. The molecule has 1 fully saturated rings.